The average Bonchev–Trinajstić information content (AvgIpc) is 2.63. The summed E-state index contributed by atoms with van der Waals surface area (Å²) in [5.74, 6) is 2.68. The van der Waals surface area contributed by atoms with Crippen molar-refractivity contribution in [1.82, 2.24) is 5.32 Å². The molecule has 0 aromatic heterocycles. The van der Waals surface area contributed by atoms with Crippen LogP contribution in [0.15, 0.2) is 42.5 Å². The van der Waals surface area contributed by atoms with Gasteiger partial charge in [0.25, 0.3) is 5.91 Å². The molecular formula is C23H27NO2. The van der Waals surface area contributed by atoms with Crippen molar-refractivity contribution in [3.8, 4) is 0 Å². The Morgan fingerprint density at radius 2 is 1.62 bits per heavy atom. The lowest BCUT2D eigenvalue weighted by Gasteiger charge is -2.56. The molecule has 4 fully saturated rings. The van der Waals surface area contributed by atoms with E-state index in [2.05, 4.69) is 5.32 Å². The van der Waals surface area contributed by atoms with Gasteiger partial charge in [0.1, 0.15) is 0 Å². The van der Waals surface area contributed by atoms with Crippen LogP contribution in [0, 0.1) is 17.8 Å². The Kier molecular flexibility index (Phi) is 4.00. The number of nitrogens with one attached hydrogen (secondary N) is 1. The molecular weight excluding hydrogens is 322 g/mol. The Hall–Kier alpha value is -1.87. The Labute approximate surface area is 155 Å². The van der Waals surface area contributed by atoms with Crippen molar-refractivity contribution in [2.24, 2.45) is 17.8 Å². The Bertz CT molecular complexity index is 787. The number of hydrogen-bond donors (Lipinski definition) is 1. The number of carbonyl (C=O) groups excluding carboxylic acids is 1. The Balaban J connectivity index is 1.19. The minimum atomic E-state index is -0.00379. The number of fused-ring (bicyclic) bond motifs is 1. The van der Waals surface area contributed by atoms with Gasteiger partial charge in [0, 0.05) is 12.1 Å². The van der Waals surface area contributed by atoms with Crippen LogP contribution in [0.4, 0.5) is 0 Å². The molecule has 0 atom stereocenters. The number of benzene rings is 2. The predicted molar refractivity (Wildman–Crippen MR) is 103 cm³/mol. The molecule has 0 saturated heterocycles. The number of hydrogen-bond acceptors (Lipinski definition) is 2. The SMILES string of the molecule is O=C(NCCOC12CC3CC(CC(C3)C1)C2)c1cccc2ccccc12. The Morgan fingerprint density at radius 1 is 0.962 bits per heavy atom. The molecule has 4 aliphatic rings. The van der Waals surface area contributed by atoms with Gasteiger partial charge in [0.05, 0.1) is 12.2 Å². The van der Waals surface area contributed by atoms with Crippen LogP contribution in [0.5, 0.6) is 0 Å². The summed E-state index contributed by atoms with van der Waals surface area (Å²) in [7, 11) is 0. The van der Waals surface area contributed by atoms with Crippen LogP contribution in [0.25, 0.3) is 10.8 Å². The van der Waals surface area contributed by atoms with Gasteiger partial charge in [0.15, 0.2) is 0 Å². The molecule has 1 N–H and O–H groups in total. The van der Waals surface area contributed by atoms with Crippen molar-refractivity contribution in [3.63, 3.8) is 0 Å². The van der Waals surface area contributed by atoms with Crippen LogP contribution in [-0.4, -0.2) is 24.7 Å². The molecule has 4 bridgehead atoms. The molecule has 3 nitrogen and oxygen atoms in total. The first kappa shape index (κ1) is 16.3. The maximum atomic E-state index is 12.6. The highest BCUT2D eigenvalue weighted by atomic mass is 16.5. The number of amides is 1. The standard InChI is InChI=1S/C23H27NO2/c25-22(21-7-3-5-19-4-1-2-6-20(19)21)24-8-9-26-23-13-16-10-17(14-23)12-18(11-16)15-23/h1-7,16-18H,8-15H2,(H,24,25). The highest BCUT2D eigenvalue weighted by molar-refractivity contribution is 6.06. The molecule has 26 heavy (non-hydrogen) atoms. The third-order valence-corrected chi connectivity index (χ3v) is 6.81. The van der Waals surface area contributed by atoms with Crippen LogP contribution in [0.1, 0.15) is 48.9 Å². The van der Waals surface area contributed by atoms with Gasteiger partial charge >= 0.3 is 0 Å². The summed E-state index contributed by atoms with van der Waals surface area (Å²) >= 11 is 0. The molecule has 0 heterocycles. The zero-order valence-corrected chi connectivity index (χ0v) is 15.2. The van der Waals surface area contributed by atoms with Crippen LogP contribution in [0.3, 0.4) is 0 Å². The van der Waals surface area contributed by atoms with Crippen molar-refractivity contribution in [1.29, 1.82) is 0 Å². The van der Waals surface area contributed by atoms with Crippen LogP contribution >= 0.6 is 0 Å². The lowest BCUT2D eigenvalue weighted by atomic mass is 9.54. The van der Waals surface area contributed by atoms with Gasteiger partial charge in [-0.2, -0.15) is 0 Å². The van der Waals surface area contributed by atoms with Gasteiger partial charge in [-0.05, 0) is 73.1 Å². The third kappa shape index (κ3) is 2.92. The Morgan fingerprint density at radius 3 is 2.35 bits per heavy atom. The maximum Gasteiger partial charge on any atom is 0.251 e. The lowest BCUT2D eigenvalue weighted by molar-refractivity contribution is -0.160. The summed E-state index contributed by atoms with van der Waals surface area (Å²) in [6.45, 7) is 1.21. The highest BCUT2D eigenvalue weighted by Gasteiger charge is 2.51. The van der Waals surface area contributed by atoms with Gasteiger partial charge in [-0.15, -0.1) is 0 Å². The summed E-state index contributed by atoms with van der Waals surface area (Å²) in [6.07, 6.45) is 8.03. The van der Waals surface area contributed by atoms with E-state index in [0.29, 0.717) is 13.2 Å². The monoisotopic (exact) mass is 349 g/mol. The fraction of sp³-hybridized carbons (Fsp3) is 0.522. The van der Waals surface area contributed by atoms with E-state index in [0.717, 1.165) is 34.1 Å². The normalized spacial score (nSPS) is 32.1. The van der Waals surface area contributed by atoms with E-state index in [1.807, 2.05) is 42.5 Å². The second-order valence-electron chi connectivity index (χ2n) is 8.73. The molecule has 2 aromatic carbocycles. The molecule has 2 aromatic rings. The minimum absolute atomic E-state index is 0.00379. The largest absolute Gasteiger partial charge is 0.373 e. The second kappa shape index (κ2) is 6.38. The zero-order valence-electron chi connectivity index (χ0n) is 15.2. The van der Waals surface area contributed by atoms with Crippen molar-refractivity contribution in [3.05, 3.63) is 48.0 Å². The van der Waals surface area contributed by atoms with Crippen LogP contribution in [-0.2, 0) is 4.74 Å². The molecule has 0 radical (unpaired) electrons. The van der Waals surface area contributed by atoms with E-state index in [1.165, 1.54) is 38.5 Å². The lowest BCUT2D eigenvalue weighted by Crippen LogP contribution is -2.52. The van der Waals surface area contributed by atoms with E-state index in [-0.39, 0.29) is 11.5 Å². The molecule has 0 spiro atoms. The van der Waals surface area contributed by atoms with E-state index < -0.39 is 0 Å². The van der Waals surface area contributed by atoms with Gasteiger partial charge in [0.2, 0.25) is 0 Å². The van der Waals surface area contributed by atoms with Gasteiger partial charge < -0.3 is 10.1 Å². The van der Waals surface area contributed by atoms with Crippen molar-refractivity contribution >= 4 is 16.7 Å². The van der Waals surface area contributed by atoms with Crippen molar-refractivity contribution < 1.29 is 9.53 Å². The van der Waals surface area contributed by atoms with Gasteiger partial charge in [-0.25, -0.2) is 0 Å². The van der Waals surface area contributed by atoms with E-state index in [4.69, 9.17) is 4.74 Å². The third-order valence-electron chi connectivity index (χ3n) is 6.81. The fourth-order valence-electron chi connectivity index (χ4n) is 6.16. The van der Waals surface area contributed by atoms with Crippen molar-refractivity contribution in [2.75, 3.05) is 13.2 Å². The first-order chi connectivity index (χ1) is 12.7. The quantitative estimate of drug-likeness (QED) is 0.804. The van der Waals surface area contributed by atoms with E-state index >= 15 is 0 Å². The van der Waals surface area contributed by atoms with Crippen LogP contribution < -0.4 is 5.32 Å². The molecule has 4 aliphatic carbocycles. The maximum absolute atomic E-state index is 12.6. The van der Waals surface area contributed by atoms with Crippen LogP contribution in [0.2, 0.25) is 0 Å². The summed E-state index contributed by atoms with van der Waals surface area (Å²) in [5, 5.41) is 5.17. The first-order valence-electron chi connectivity index (χ1n) is 10.1. The van der Waals surface area contributed by atoms with Crippen molar-refractivity contribution in [2.45, 2.75) is 44.1 Å². The minimum Gasteiger partial charge on any atom is -0.373 e. The zero-order chi connectivity index (χ0) is 17.6. The number of ether oxygens (including phenoxy) is 1. The smallest absolute Gasteiger partial charge is 0.251 e. The molecule has 0 unspecified atom stereocenters. The molecule has 4 saturated carbocycles. The van der Waals surface area contributed by atoms with Gasteiger partial charge in [-0.1, -0.05) is 36.4 Å². The van der Waals surface area contributed by atoms with E-state index in [1.54, 1.807) is 0 Å². The molecule has 3 heteroatoms. The van der Waals surface area contributed by atoms with Gasteiger partial charge in [-0.3, -0.25) is 4.79 Å². The highest BCUT2D eigenvalue weighted by Crippen LogP contribution is 2.57. The molecule has 136 valence electrons. The fourth-order valence-corrected chi connectivity index (χ4v) is 6.16. The number of carbonyl (C=O) groups is 1. The topological polar surface area (TPSA) is 38.3 Å². The summed E-state index contributed by atoms with van der Waals surface area (Å²) in [5.41, 5.74) is 0.872. The average molecular weight is 349 g/mol. The summed E-state index contributed by atoms with van der Waals surface area (Å²) in [4.78, 5) is 12.6. The molecule has 6 rings (SSSR count). The first-order valence-corrected chi connectivity index (χ1v) is 10.1. The number of rotatable bonds is 5. The van der Waals surface area contributed by atoms with E-state index in [9.17, 15) is 4.79 Å². The second-order valence-corrected chi connectivity index (χ2v) is 8.73. The predicted octanol–water partition coefficient (Wildman–Crippen LogP) is 4.56. The molecule has 1 amide bonds. The molecule has 0 aliphatic heterocycles. The summed E-state index contributed by atoms with van der Waals surface area (Å²) in [6, 6.07) is 13.9. The summed E-state index contributed by atoms with van der Waals surface area (Å²) < 4.78 is 6.40.